The largest absolute Gasteiger partial charge is 0.367 e. The van der Waals surface area contributed by atoms with Gasteiger partial charge >= 0.3 is 0 Å². The highest BCUT2D eigenvalue weighted by atomic mass is 35.5. The third-order valence-electron chi connectivity index (χ3n) is 4.39. The number of piperazine rings is 1. The molecule has 0 bridgehead atoms. The van der Waals surface area contributed by atoms with Gasteiger partial charge in [-0.3, -0.25) is 0 Å². The summed E-state index contributed by atoms with van der Waals surface area (Å²) in [5.41, 5.74) is 3.22. The summed E-state index contributed by atoms with van der Waals surface area (Å²) in [6.45, 7) is 6.07. The van der Waals surface area contributed by atoms with Crippen LogP contribution in [0.2, 0.25) is 10.0 Å². The van der Waals surface area contributed by atoms with Crippen molar-refractivity contribution in [2.45, 2.75) is 18.7 Å². The summed E-state index contributed by atoms with van der Waals surface area (Å²) < 4.78 is 27.1. The lowest BCUT2D eigenvalue weighted by Crippen LogP contribution is -2.49. The van der Waals surface area contributed by atoms with Gasteiger partial charge in [-0.15, -0.1) is 0 Å². The van der Waals surface area contributed by atoms with Crippen molar-refractivity contribution in [3.8, 4) is 0 Å². The third-order valence-corrected chi connectivity index (χ3v) is 6.80. The number of sulfonamides is 1. The second-order valence-corrected chi connectivity index (χ2v) is 9.04. The average Bonchev–Trinajstić information content (AvgIpc) is 2.54. The predicted molar refractivity (Wildman–Crippen MR) is 103 cm³/mol. The normalized spacial score (nSPS) is 16.2. The number of nitrogens with zero attached hydrogens (tertiary/aromatic N) is 2. The Morgan fingerprint density at radius 1 is 0.960 bits per heavy atom. The number of hydrogen-bond donors (Lipinski definition) is 0. The van der Waals surface area contributed by atoms with E-state index < -0.39 is 10.0 Å². The van der Waals surface area contributed by atoms with Gasteiger partial charge in [0.1, 0.15) is 0 Å². The zero-order valence-corrected chi connectivity index (χ0v) is 16.5. The maximum absolute atomic E-state index is 12.8. The van der Waals surface area contributed by atoms with Crippen LogP contribution in [0.15, 0.2) is 41.3 Å². The molecular weight excluding hydrogens is 379 g/mol. The quantitative estimate of drug-likeness (QED) is 0.780. The van der Waals surface area contributed by atoms with Gasteiger partial charge < -0.3 is 4.90 Å². The van der Waals surface area contributed by atoms with Crippen molar-refractivity contribution >= 4 is 38.9 Å². The van der Waals surface area contributed by atoms with Crippen LogP contribution in [0.5, 0.6) is 0 Å². The molecule has 4 nitrogen and oxygen atoms in total. The Morgan fingerprint density at radius 3 is 2.24 bits per heavy atom. The second-order valence-electron chi connectivity index (χ2n) is 6.26. The summed E-state index contributed by atoms with van der Waals surface area (Å²) in [5, 5.41) is 1.13. The average molecular weight is 399 g/mol. The van der Waals surface area contributed by atoms with Crippen molar-refractivity contribution in [3.05, 3.63) is 57.6 Å². The molecule has 0 aromatic heterocycles. The van der Waals surface area contributed by atoms with E-state index in [0.29, 0.717) is 36.2 Å². The number of aryl methyl sites for hydroxylation is 2. The number of rotatable bonds is 3. The Hall–Kier alpha value is -1.27. The van der Waals surface area contributed by atoms with Gasteiger partial charge in [0, 0.05) is 31.2 Å². The SMILES string of the molecule is Cc1cc(C)c(N2CCN(S(=O)(=O)c3cccc(Cl)c3)CC2)c(Cl)c1. The molecule has 2 aromatic carbocycles. The van der Waals surface area contributed by atoms with E-state index in [1.807, 2.05) is 19.9 Å². The van der Waals surface area contributed by atoms with Crippen molar-refractivity contribution < 1.29 is 8.42 Å². The van der Waals surface area contributed by atoms with Crippen molar-refractivity contribution in [3.63, 3.8) is 0 Å². The molecule has 0 N–H and O–H groups in total. The number of halogens is 2. The lowest BCUT2D eigenvalue weighted by Gasteiger charge is -2.36. The Morgan fingerprint density at radius 2 is 1.64 bits per heavy atom. The molecule has 0 spiro atoms. The van der Waals surface area contributed by atoms with E-state index in [1.54, 1.807) is 18.2 Å². The number of benzene rings is 2. The van der Waals surface area contributed by atoms with E-state index in [0.717, 1.165) is 16.8 Å². The standard InChI is InChI=1S/C18H20Cl2N2O2S/c1-13-10-14(2)18(17(20)11-13)21-6-8-22(9-7-21)25(23,24)16-5-3-4-15(19)12-16/h3-5,10-12H,6-9H2,1-2H3. The minimum atomic E-state index is -3.53. The molecule has 0 radical (unpaired) electrons. The fourth-order valence-corrected chi connectivity index (χ4v) is 5.40. The first-order valence-electron chi connectivity index (χ1n) is 8.06. The van der Waals surface area contributed by atoms with Gasteiger partial charge in [0.25, 0.3) is 0 Å². The van der Waals surface area contributed by atoms with Gasteiger partial charge in [0.15, 0.2) is 0 Å². The summed E-state index contributed by atoms with van der Waals surface area (Å²) in [4.78, 5) is 2.39. The van der Waals surface area contributed by atoms with E-state index in [4.69, 9.17) is 23.2 Å². The maximum Gasteiger partial charge on any atom is 0.243 e. The molecule has 1 heterocycles. The minimum Gasteiger partial charge on any atom is -0.367 e. The first-order chi connectivity index (χ1) is 11.8. The Bertz CT molecular complexity index is 869. The Kier molecular flexibility index (Phi) is 5.30. The van der Waals surface area contributed by atoms with Crippen LogP contribution >= 0.6 is 23.2 Å². The van der Waals surface area contributed by atoms with Crippen molar-refractivity contribution in [1.29, 1.82) is 0 Å². The van der Waals surface area contributed by atoms with Crippen LogP contribution < -0.4 is 4.90 Å². The van der Waals surface area contributed by atoms with Crippen molar-refractivity contribution in [2.24, 2.45) is 0 Å². The highest BCUT2D eigenvalue weighted by Gasteiger charge is 2.29. The topological polar surface area (TPSA) is 40.6 Å². The van der Waals surface area contributed by atoms with Crippen LogP contribution in [0.4, 0.5) is 5.69 Å². The highest BCUT2D eigenvalue weighted by molar-refractivity contribution is 7.89. The van der Waals surface area contributed by atoms with E-state index in [2.05, 4.69) is 11.0 Å². The lowest BCUT2D eigenvalue weighted by atomic mass is 10.1. The Labute approximate surface area is 159 Å². The fourth-order valence-electron chi connectivity index (χ4n) is 3.24. The van der Waals surface area contributed by atoms with Crippen LogP contribution in [0, 0.1) is 13.8 Å². The first-order valence-corrected chi connectivity index (χ1v) is 10.3. The van der Waals surface area contributed by atoms with E-state index in [9.17, 15) is 8.42 Å². The molecule has 1 aliphatic heterocycles. The fraction of sp³-hybridized carbons (Fsp3) is 0.333. The zero-order valence-electron chi connectivity index (χ0n) is 14.2. The van der Waals surface area contributed by atoms with Gasteiger partial charge in [-0.05, 0) is 49.2 Å². The summed E-state index contributed by atoms with van der Waals surface area (Å²) in [6, 6.07) is 10.4. The second kappa shape index (κ2) is 7.16. The molecule has 25 heavy (non-hydrogen) atoms. The van der Waals surface area contributed by atoms with Gasteiger partial charge in [0.2, 0.25) is 10.0 Å². The monoisotopic (exact) mass is 398 g/mol. The van der Waals surface area contributed by atoms with Crippen LogP contribution in [0.25, 0.3) is 0 Å². The zero-order chi connectivity index (χ0) is 18.2. The third kappa shape index (κ3) is 3.80. The van der Waals surface area contributed by atoms with Gasteiger partial charge in [-0.25, -0.2) is 8.42 Å². The molecule has 7 heteroatoms. The predicted octanol–water partition coefficient (Wildman–Crippen LogP) is 4.12. The van der Waals surface area contributed by atoms with Crippen molar-refractivity contribution in [2.75, 3.05) is 31.1 Å². The van der Waals surface area contributed by atoms with Crippen LogP contribution in [0.3, 0.4) is 0 Å². The highest BCUT2D eigenvalue weighted by Crippen LogP contribution is 2.32. The van der Waals surface area contributed by atoms with Crippen molar-refractivity contribution in [1.82, 2.24) is 4.31 Å². The molecule has 134 valence electrons. The number of anilines is 1. The first kappa shape index (κ1) is 18.5. The van der Waals surface area contributed by atoms with Crippen LogP contribution in [-0.4, -0.2) is 38.9 Å². The van der Waals surface area contributed by atoms with E-state index in [-0.39, 0.29) is 4.90 Å². The molecule has 0 aliphatic carbocycles. The minimum absolute atomic E-state index is 0.234. The smallest absolute Gasteiger partial charge is 0.243 e. The molecule has 0 unspecified atom stereocenters. The number of hydrogen-bond acceptors (Lipinski definition) is 3. The van der Waals surface area contributed by atoms with Crippen LogP contribution in [0.1, 0.15) is 11.1 Å². The lowest BCUT2D eigenvalue weighted by molar-refractivity contribution is 0.385. The summed E-state index contributed by atoms with van der Waals surface area (Å²) in [5.74, 6) is 0. The molecule has 1 saturated heterocycles. The van der Waals surface area contributed by atoms with Gasteiger partial charge in [-0.1, -0.05) is 35.3 Å². The molecule has 0 atom stereocenters. The van der Waals surface area contributed by atoms with Crippen LogP contribution in [-0.2, 0) is 10.0 Å². The molecule has 1 aliphatic rings. The molecule has 3 rings (SSSR count). The molecule has 0 saturated carbocycles. The van der Waals surface area contributed by atoms with E-state index in [1.165, 1.54) is 10.4 Å². The molecule has 0 amide bonds. The van der Waals surface area contributed by atoms with E-state index >= 15 is 0 Å². The molecule has 2 aromatic rings. The molecular formula is C18H20Cl2N2O2S. The summed E-state index contributed by atoms with van der Waals surface area (Å²) in [7, 11) is -3.53. The molecule has 1 fully saturated rings. The summed E-state index contributed by atoms with van der Waals surface area (Å²) in [6.07, 6.45) is 0. The maximum atomic E-state index is 12.8. The Balaban J connectivity index is 1.78. The summed E-state index contributed by atoms with van der Waals surface area (Å²) >= 11 is 12.4. The van der Waals surface area contributed by atoms with Gasteiger partial charge in [-0.2, -0.15) is 4.31 Å². The van der Waals surface area contributed by atoms with Gasteiger partial charge in [0.05, 0.1) is 15.6 Å².